The lowest BCUT2D eigenvalue weighted by Gasteiger charge is -2.32. The van der Waals surface area contributed by atoms with Gasteiger partial charge in [-0.3, -0.25) is 14.9 Å². The van der Waals surface area contributed by atoms with E-state index < -0.39 is 47.9 Å². The highest BCUT2D eigenvalue weighted by molar-refractivity contribution is 6.62. The van der Waals surface area contributed by atoms with Crippen molar-refractivity contribution in [3.05, 3.63) is 59.7 Å². The van der Waals surface area contributed by atoms with Crippen molar-refractivity contribution >= 4 is 24.4 Å². The zero-order chi connectivity index (χ0) is 29.4. The number of allylic oxidation sites excluding steroid dienone is 1. The molecule has 39 heavy (non-hydrogen) atoms. The number of rotatable bonds is 2. The fourth-order valence-electron chi connectivity index (χ4n) is 3.82. The number of pyridine rings is 2. The Morgan fingerprint density at radius 3 is 1.97 bits per heavy atom. The van der Waals surface area contributed by atoms with E-state index in [1.54, 1.807) is 6.08 Å². The summed E-state index contributed by atoms with van der Waals surface area (Å²) in [5.41, 5.74) is -2.19. The molecule has 1 atom stereocenters. The van der Waals surface area contributed by atoms with E-state index >= 15 is 0 Å². The second-order valence-electron chi connectivity index (χ2n) is 10.4. The Morgan fingerprint density at radius 1 is 0.949 bits per heavy atom. The molecular weight excluding hydrogens is 531 g/mol. The molecule has 1 N–H and O–H groups in total. The van der Waals surface area contributed by atoms with Crippen molar-refractivity contribution < 1.29 is 45.6 Å². The molecule has 0 unspecified atom stereocenters. The molecule has 2 aliphatic rings. The third kappa shape index (κ3) is 7.10. The highest BCUT2D eigenvalue weighted by Crippen LogP contribution is 2.37. The number of amides is 1. The summed E-state index contributed by atoms with van der Waals surface area (Å²) in [7, 11) is -0.834. The van der Waals surface area contributed by atoms with E-state index in [2.05, 4.69) is 9.97 Å². The van der Waals surface area contributed by atoms with Crippen LogP contribution >= 0.6 is 0 Å². The Kier molecular flexibility index (Phi) is 8.42. The molecule has 0 saturated carbocycles. The lowest BCUT2D eigenvalue weighted by atomic mass is 9.80. The van der Waals surface area contributed by atoms with Gasteiger partial charge in [-0.25, -0.2) is 4.79 Å². The minimum atomic E-state index is -4.50. The van der Waals surface area contributed by atoms with Crippen molar-refractivity contribution in [3.63, 3.8) is 0 Å². The van der Waals surface area contributed by atoms with Gasteiger partial charge >= 0.3 is 25.6 Å². The highest BCUT2D eigenvalue weighted by atomic mass is 19.4. The predicted molar refractivity (Wildman–Crippen MR) is 131 cm³/mol. The van der Waals surface area contributed by atoms with Gasteiger partial charge in [0.1, 0.15) is 0 Å². The van der Waals surface area contributed by atoms with Crippen molar-refractivity contribution in [2.24, 2.45) is 5.92 Å². The average molecular weight is 559 g/mol. The summed E-state index contributed by atoms with van der Waals surface area (Å²) in [5, 5.41) is 9.16. The molecule has 4 heterocycles. The van der Waals surface area contributed by atoms with E-state index in [0.29, 0.717) is 6.42 Å². The molecule has 1 fully saturated rings. The molecule has 1 amide bonds. The molecule has 7 nitrogen and oxygen atoms in total. The molecule has 0 aromatic carbocycles. The lowest BCUT2D eigenvalue weighted by Crippen LogP contribution is -2.41. The monoisotopic (exact) mass is 559 g/mol. The molecular formula is C25H28BF6N3O4. The third-order valence-electron chi connectivity index (χ3n) is 6.70. The van der Waals surface area contributed by atoms with Gasteiger partial charge in [0.25, 0.3) is 0 Å². The molecule has 14 heteroatoms. The van der Waals surface area contributed by atoms with Gasteiger partial charge in [-0.2, -0.15) is 26.3 Å². The van der Waals surface area contributed by atoms with E-state index in [0.717, 1.165) is 29.4 Å². The first-order valence-electron chi connectivity index (χ1n) is 11.9. The van der Waals surface area contributed by atoms with Crippen molar-refractivity contribution in [3.8, 4) is 0 Å². The van der Waals surface area contributed by atoms with Gasteiger partial charge in [0.2, 0.25) is 0 Å². The molecule has 1 saturated heterocycles. The van der Waals surface area contributed by atoms with E-state index in [4.69, 9.17) is 14.4 Å². The number of alkyl halides is 6. The first-order chi connectivity index (χ1) is 17.8. The topological polar surface area (TPSA) is 84.8 Å². The Bertz CT molecular complexity index is 1220. The second kappa shape index (κ2) is 10.8. The minimum absolute atomic E-state index is 0.133. The van der Waals surface area contributed by atoms with Crippen molar-refractivity contribution in [2.75, 3.05) is 6.54 Å². The molecule has 2 aromatic heterocycles. The van der Waals surface area contributed by atoms with Crippen LogP contribution < -0.4 is 5.46 Å². The molecule has 0 bridgehead atoms. The number of carbonyl (C=O) groups is 1. The minimum Gasteiger partial charge on any atom is -0.465 e. The fraction of sp³-hybridized carbons (Fsp3) is 0.480. The Hall–Kier alpha value is -3.13. The van der Waals surface area contributed by atoms with Gasteiger partial charge in [-0.15, -0.1) is 0 Å². The summed E-state index contributed by atoms with van der Waals surface area (Å²) in [6.45, 7) is 9.51. The van der Waals surface area contributed by atoms with E-state index in [-0.39, 0.29) is 29.2 Å². The lowest BCUT2D eigenvalue weighted by molar-refractivity contribution is -0.138. The van der Waals surface area contributed by atoms with Crippen molar-refractivity contribution in [1.82, 2.24) is 14.9 Å². The Labute approximate surface area is 222 Å². The summed E-state index contributed by atoms with van der Waals surface area (Å²) in [5.74, 6) is 0.133. The number of hydrogen-bond acceptors (Lipinski definition) is 5. The number of aromatic nitrogens is 2. The molecule has 2 aliphatic heterocycles. The van der Waals surface area contributed by atoms with Gasteiger partial charge in [-0.05, 0) is 52.2 Å². The van der Waals surface area contributed by atoms with Crippen LogP contribution in [0.1, 0.15) is 57.7 Å². The molecule has 2 aromatic rings. The van der Waals surface area contributed by atoms with Gasteiger partial charge in [0.15, 0.2) is 0 Å². The van der Waals surface area contributed by atoms with Crippen LogP contribution in [-0.4, -0.2) is 50.9 Å². The summed E-state index contributed by atoms with van der Waals surface area (Å²) in [6.07, 6.45) is -3.76. The van der Waals surface area contributed by atoms with Crippen LogP contribution in [0, 0.1) is 5.92 Å². The maximum absolute atomic E-state index is 12.7. The quantitative estimate of drug-likeness (QED) is 0.367. The number of halogens is 6. The first kappa shape index (κ1) is 30.4. The molecule has 0 spiro atoms. The maximum atomic E-state index is 12.7. The smallest absolute Gasteiger partial charge is 0.465 e. The Morgan fingerprint density at radius 2 is 1.46 bits per heavy atom. The molecule has 212 valence electrons. The average Bonchev–Trinajstić information content (AvgIpc) is 3.05. The van der Waals surface area contributed by atoms with Crippen LogP contribution in [0.3, 0.4) is 0 Å². The van der Waals surface area contributed by atoms with Crippen LogP contribution in [0.2, 0.25) is 0 Å². The summed E-state index contributed by atoms with van der Waals surface area (Å²) < 4.78 is 87.3. The zero-order valence-electron chi connectivity index (χ0n) is 21.9. The SMILES string of the molecule is CC1(C)OB(c2cncc(C(F)(F)F)c2)OC1(C)C.C[C@H]1CC=C(c2cncc(C(F)(F)F)c2)N(C(=O)O)C1. The van der Waals surface area contributed by atoms with Crippen molar-refractivity contribution in [1.29, 1.82) is 0 Å². The molecule has 4 rings (SSSR count). The first-order valence-corrected chi connectivity index (χ1v) is 11.9. The molecule has 0 radical (unpaired) electrons. The Balaban J connectivity index is 0.000000216. The summed E-state index contributed by atoms with van der Waals surface area (Å²) >= 11 is 0. The normalized spacial score (nSPS) is 20.7. The van der Waals surface area contributed by atoms with Gasteiger partial charge in [0.05, 0.1) is 28.0 Å². The standard InChI is InChI=1S/C13H13F3N2O2.C12H15BF3NO2/c1-8-2-3-11(18(7-8)12(19)20)9-4-10(6-17-5-9)13(14,15)16;1-10(2)11(3,4)19-13(18-10)9-5-8(6-17-7-9)12(14,15)16/h3-6,8H,2,7H2,1H3,(H,19,20);5-7H,1-4H3/t8-;/m0./s1. The van der Waals surface area contributed by atoms with E-state index in [1.165, 1.54) is 12.4 Å². The maximum Gasteiger partial charge on any atom is 0.496 e. The third-order valence-corrected chi connectivity index (χ3v) is 6.70. The molecule has 0 aliphatic carbocycles. The van der Waals surface area contributed by atoms with E-state index in [9.17, 15) is 31.1 Å². The summed E-state index contributed by atoms with van der Waals surface area (Å²) in [4.78, 5) is 19.4. The van der Waals surface area contributed by atoms with Gasteiger partial charge in [0, 0.05) is 42.4 Å². The number of nitrogens with zero attached hydrogens (tertiary/aromatic N) is 3. The fourth-order valence-corrected chi connectivity index (χ4v) is 3.82. The number of hydrogen-bond donors (Lipinski definition) is 1. The van der Waals surface area contributed by atoms with Crippen LogP contribution in [0.4, 0.5) is 31.1 Å². The van der Waals surface area contributed by atoms with Crippen LogP contribution in [0.15, 0.2) is 43.0 Å². The second-order valence-corrected chi connectivity index (χ2v) is 10.4. The number of carboxylic acid groups (broad SMARTS) is 1. The van der Waals surface area contributed by atoms with Crippen molar-refractivity contribution in [2.45, 2.75) is 64.6 Å². The van der Waals surface area contributed by atoms with E-state index in [1.807, 2.05) is 34.6 Å². The summed E-state index contributed by atoms with van der Waals surface area (Å²) in [6, 6.07) is 1.93. The van der Waals surface area contributed by atoms with Gasteiger partial charge < -0.3 is 14.4 Å². The van der Waals surface area contributed by atoms with Crippen LogP contribution in [0.25, 0.3) is 5.70 Å². The van der Waals surface area contributed by atoms with Gasteiger partial charge in [-0.1, -0.05) is 13.0 Å². The highest BCUT2D eigenvalue weighted by Gasteiger charge is 2.52. The van der Waals surface area contributed by atoms with Crippen LogP contribution in [0.5, 0.6) is 0 Å². The largest absolute Gasteiger partial charge is 0.496 e. The predicted octanol–water partition coefficient (Wildman–Crippen LogP) is 5.86. The zero-order valence-corrected chi connectivity index (χ0v) is 21.9. The van der Waals surface area contributed by atoms with Crippen LogP contribution in [-0.2, 0) is 21.7 Å².